The number of benzene rings is 1. The molecule has 5 nitrogen and oxygen atoms in total. The highest BCUT2D eigenvalue weighted by molar-refractivity contribution is 8.14. The highest BCUT2D eigenvalue weighted by Crippen LogP contribution is 2.55. The van der Waals surface area contributed by atoms with E-state index in [9.17, 15) is 20.0 Å². The van der Waals surface area contributed by atoms with Crippen molar-refractivity contribution >= 4 is 28.6 Å². The monoisotopic (exact) mass is 408 g/mol. The van der Waals surface area contributed by atoms with Crippen LogP contribution in [0.5, 0.6) is 0 Å². The molecule has 0 unspecified atom stereocenters. The minimum Gasteiger partial charge on any atom is -0.481 e. The van der Waals surface area contributed by atoms with E-state index in [1.807, 2.05) is 44.2 Å². The first-order valence-electron chi connectivity index (χ1n) is 9.51. The Bertz CT molecular complexity index is 956. The summed E-state index contributed by atoms with van der Waals surface area (Å²) in [7, 11) is 0. The molecule has 0 bridgehead atoms. The van der Waals surface area contributed by atoms with Gasteiger partial charge in [0.25, 0.3) is 0 Å². The van der Waals surface area contributed by atoms with Crippen LogP contribution in [0.4, 0.5) is 0 Å². The number of carboxylic acids is 1. The van der Waals surface area contributed by atoms with Crippen molar-refractivity contribution in [3.8, 4) is 6.07 Å². The number of carbonyl (C=O) groups excluding carboxylic acids is 1. The molecule has 0 spiro atoms. The Hall–Kier alpha value is -2.65. The van der Waals surface area contributed by atoms with Crippen LogP contribution in [0.2, 0.25) is 0 Å². The van der Waals surface area contributed by atoms with E-state index >= 15 is 0 Å². The lowest BCUT2D eigenvalue weighted by molar-refractivity contribution is -0.133. The first kappa shape index (κ1) is 21.1. The molecule has 29 heavy (non-hydrogen) atoms. The minimum atomic E-state index is -1.15. The second-order valence-electron chi connectivity index (χ2n) is 8.32. The number of nitrogens with zero attached hydrogens (tertiary/aromatic N) is 2. The van der Waals surface area contributed by atoms with Crippen molar-refractivity contribution < 1.29 is 14.7 Å². The maximum Gasteiger partial charge on any atom is 0.313 e. The zero-order valence-corrected chi connectivity index (χ0v) is 17.5. The number of aliphatic carboxylic acids is 1. The van der Waals surface area contributed by atoms with E-state index in [0.717, 1.165) is 17.3 Å². The fraction of sp³-hybridized carbons (Fsp3) is 0.391. The molecule has 2 atom stereocenters. The number of thioether (sulfide) groups is 1. The highest BCUT2D eigenvalue weighted by Gasteiger charge is 2.52. The molecule has 0 amide bonds. The number of carboxylic acid groups (broad SMARTS) is 1. The second-order valence-corrected chi connectivity index (χ2v) is 9.28. The SMILES string of the molecule is C=CC[C@@]1(C#N)C(SCC(=O)O)=NC2=C(C(=O)CC(C)(C)C2)[C@H]1c1ccccc1. The van der Waals surface area contributed by atoms with Gasteiger partial charge in [0.05, 0.1) is 16.9 Å². The van der Waals surface area contributed by atoms with Gasteiger partial charge in [-0.3, -0.25) is 9.59 Å². The van der Waals surface area contributed by atoms with Gasteiger partial charge in [0.2, 0.25) is 0 Å². The summed E-state index contributed by atoms with van der Waals surface area (Å²) in [4.78, 5) is 29.2. The summed E-state index contributed by atoms with van der Waals surface area (Å²) in [5.41, 5.74) is 0.759. The molecule has 1 N–H and O–H groups in total. The Balaban J connectivity index is 2.28. The van der Waals surface area contributed by atoms with E-state index in [2.05, 4.69) is 12.6 Å². The van der Waals surface area contributed by atoms with Crippen LogP contribution >= 0.6 is 11.8 Å². The summed E-state index contributed by atoms with van der Waals surface area (Å²) in [6.45, 7) is 7.88. The number of hydrogen-bond acceptors (Lipinski definition) is 5. The predicted octanol–water partition coefficient (Wildman–Crippen LogP) is 4.73. The number of hydrogen-bond donors (Lipinski definition) is 1. The van der Waals surface area contributed by atoms with E-state index < -0.39 is 17.3 Å². The molecule has 0 fully saturated rings. The van der Waals surface area contributed by atoms with Crippen molar-refractivity contribution in [2.75, 3.05) is 5.75 Å². The van der Waals surface area contributed by atoms with Crippen LogP contribution in [0.25, 0.3) is 0 Å². The molecule has 6 heteroatoms. The largest absolute Gasteiger partial charge is 0.481 e. The van der Waals surface area contributed by atoms with E-state index in [-0.39, 0.29) is 23.4 Å². The minimum absolute atomic E-state index is 0.0137. The third-order valence-corrected chi connectivity index (χ3v) is 6.55. The van der Waals surface area contributed by atoms with Crippen molar-refractivity contribution in [2.45, 2.75) is 39.0 Å². The average Bonchev–Trinajstić information content (AvgIpc) is 2.66. The lowest BCUT2D eigenvalue weighted by atomic mass is 9.61. The molecular weight excluding hydrogens is 384 g/mol. The Morgan fingerprint density at radius 2 is 2.07 bits per heavy atom. The fourth-order valence-electron chi connectivity index (χ4n) is 4.30. The summed E-state index contributed by atoms with van der Waals surface area (Å²) >= 11 is 1.07. The van der Waals surface area contributed by atoms with Gasteiger partial charge in [0, 0.05) is 23.6 Å². The molecule has 3 rings (SSSR count). The zero-order chi connectivity index (χ0) is 21.2. The van der Waals surface area contributed by atoms with Gasteiger partial charge in [0.1, 0.15) is 5.41 Å². The first-order chi connectivity index (χ1) is 13.7. The number of ketones is 1. The number of nitriles is 1. The van der Waals surface area contributed by atoms with Crippen LogP contribution < -0.4 is 0 Å². The molecule has 1 aliphatic heterocycles. The normalized spacial score (nSPS) is 25.6. The molecule has 1 aromatic carbocycles. The second kappa shape index (κ2) is 8.00. The van der Waals surface area contributed by atoms with Crippen molar-refractivity contribution in [2.24, 2.45) is 15.8 Å². The quantitative estimate of drug-likeness (QED) is 0.711. The van der Waals surface area contributed by atoms with Gasteiger partial charge in [-0.1, -0.05) is 62.0 Å². The molecule has 2 aliphatic rings. The van der Waals surface area contributed by atoms with Crippen LogP contribution in [-0.2, 0) is 9.59 Å². The zero-order valence-electron chi connectivity index (χ0n) is 16.6. The van der Waals surface area contributed by atoms with Crippen molar-refractivity contribution in [1.29, 1.82) is 5.26 Å². The third kappa shape index (κ3) is 3.92. The molecule has 0 saturated heterocycles. The summed E-state index contributed by atoms with van der Waals surface area (Å²) in [5.74, 6) is -1.65. The average molecular weight is 409 g/mol. The van der Waals surface area contributed by atoms with E-state index in [0.29, 0.717) is 29.2 Å². The summed E-state index contributed by atoms with van der Waals surface area (Å²) in [6.07, 6.45) is 2.95. The molecule has 1 heterocycles. The van der Waals surface area contributed by atoms with Gasteiger partial charge in [-0.25, -0.2) is 4.99 Å². The summed E-state index contributed by atoms with van der Waals surface area (Å²) in [5, 5.41) is 20.0. The van der Waals surface area contributed by atoms with Gasteiger partial charge < -0.3 is 5.11 Å². The van der Waals surface area contributed by atoms with Crippen LogP contribution in [-0.4, -0.2) is 27.7 Å². The Morgan fingerprint density at radius 3 is 2.66 bits per heavy atom. The summed E-state index contributed by atoms with van der Waals surface area (Å²) < 4.78 is 0. The van der Waals surface area contributed by atoms with Crippen molar-refractivity contribution in [3.05, 3.63) is 59.8 Å². The van der Waals surface area contributed by atoms with Crippen molar-refractivity contribution in [3.63, 3.8) is 0 Å². The molecule has 0 aromatic heterocycles. The Morgan fingerprint density at radius 1 is 1.38 bits per heavy atom. The van der Waals surface area contributed by atoms with Gasteiger partial charge in [0.15, 0.2) is 5.78 Å². The molecule has 0 radical (unpaired) electrons. The highest BCUT2D eigenvalue weighted by atomic mass is 32.2. The maximum atomic E-state index is 13.2. The maximum absolute atomic E-state index is 13.2. The van der Waals surface area contributed by atoms with E-state index in [1.165, 1.54) is 0 Å². The van der Waals surface area contributed by atoms with Gasteiger partial charge >= 0.3 is 5.97 Å². The lowest BCUT2D eigenvalue weighted by Crippen LogP contribution is -2.43. The molecule has 1 aromatic rings. The van der Waals surface area contributed by atoms with Crippen LogP contribution in [0.15, 0.2) is 59.2 Å². The fourth-order valence-corrected chi connectivity index (χ4v) is 5.24. The van der Waals surface area contributed by atoms with E-state index in [4.69, 9.17) is 4.99 Å². The van der Waals surface area contributed by atoms with Gasteiger partial charge in [-0.05, 0) is 23.8 Å². The number of carbonyl (C=O) groups is 2. The Labute approximate surface area is 175 Å². The standard InChI is InChI=1S/C23H24N2O3S/c1-4-10-23(14-24)20(15-8-6-5-7-9-15)19-16(11-22(2,3)12-17(19)26)25-21(23)29-13-18(27)28/h4-9,20H,1,10-13H2,2-3H3,(H,27,28)/t20-,23+/m1/s1. The third-order valence-electron chi connectivity index (χ3n) is 5.43. The lowest BCUT2D eigenvalue weighted by Gasteiger charge is -2.43. The molecular formula is C23H24N2O3S. The number of rotatable bonds is 5. The smallest absolute Gasteiger partial charge is 0.313 e. The number of aliphatic imine (C=N–C) groups is 1. The Kier molecular flexibility index (Phi) is 5.81. The van der Waals surface area contributed by atoms with Crippen LogP contribution in [0.1, 0.15) is 44.6 Å². The molecule has 150 valence electrons. The van der Waals surface area contributed by atoms with Crippen LogP contribution in [0, 0.1) is 22.2 Å². The molecule has 0 saturated carbocycles. The number of allylic oxidation sites excluding steroid dienone is 3. The first-order valence-corrected chi connectivity index (χ1v) is 10.5. The van der Waals surface area contributed by atoms with Crippen LogP contribution in [0.3, 0.4) is 0 Å². The van der Waals surface area contributed by atoms with Gasteiger partial charge in [-0.2, -0.15) is 5.26 Å². The number of Topliss-reactive ketones (excluding diaryl/α,β-unsaturated/α-hetero) is 1. The molecule has 1 aliphatic carbocycles. The predicted molar refractivity (Wildman–Crippen MR) is 115 cm³/mol. The topological polar surface area (TPSA) is 90.5 Å². The van der Waals surface area contributed by atoms with E-state index in [1.54, 1.807) is 6.08 Å². The summed E-state index contributed by atoms with van der Waals surface area (Å²) in [6, 6.07) is 11.9. The van der Waals surface area contributed by atoms with Crippen molar-refractivity contribution in [1.82, 2.24) is 0 Å². The van der Waals surface area contributed by atoms with Gasteiger partial charge in [-0.15, -0.1) is 6.58 Å².